The molecule has 1 aromatic carbocycles. The summed E-state index contributed by atoms with van der Waals surface area (Å²) in [4.78, 5) is 13.8. The summed E-state index contributed by atoms with van der Waals surface area (Å²) in [5, 5.41) is 3.68. The highest BCUT2D eigenvalue weighted by Crippen LogP contribution is 2.38. The van der Waals surface area contributed by atoms with Gasteiger partial charge in [-0.25, -0.2) is 12.7 Å². The molecule has 138 valence electrons. The van der Waals surface area contributed by atoms with E-state index >= 15 is 0 Å². The number of sulfonamides is 1. The standard InChI is InChI=1S/C18H26N2O3S2/c1-25(22,23)20-12-6-7-14(13-20)18(21)19-16-10-4-5-11-17(16)24-15-8-2-3-9-15/h4-5,10-11,14-15H,2-3,6-9,12-13H2,1H3,(H,19,21)/t14-/m1/s1. The number of para-hydroxylation sites is 1. The SMILES string of the molecule is CS(=O)(=O)N1CCC[C@@H](C(=O)Nc2ccccc2SC2CCCC2)C1. The zero-order valence-electron chi connectivity index (χ0n) is 14.6. The molecule has 1 amide bonds. The monoisotopic (exact) mass is 382 g/mol. The lowest BCUT2D eigenvalue weighted by Crippen LogP contribution is -2.43. The van der Waals surface area contributed by atoms with Crippen LogP contribution in [0, 0.1) is 5.92 Å². The van der Waals surface area contributed by atoms with Crippen LogP contribution in [0.1, 0.15) is 38.5 Å². The van der Waals surface area contributed by atoms with Gasteiger partial charge in [-0.15, -0.1) is 11.8 Å². The van der Waals surface area contributed by atoms with Crippen molar-refractivity contribution < 1.29 is 13.2 Å². The van der Waals surface area contributed by atoms with Crippen LogP contribution in [0.4, 0.5) is 5.69 Å². The van der Waals surface area contributed by atoms with Gasteiger partial charge in [0.15, 0.2) is 0 Å². The summed E-state index contributed by atoms with van der Waals surface area (Å²) >= 11 is 1.85. The average molecular weight is 383 g/mol. The average Bonchev–Trinajstić information content (AvgIpc) is 3.09. The van der Waals surface area contributed by atoms with Crippen molar-refractivity contribution in [1.82, 2.24) is 4.31 Å². The van der Waals surface area contributed by atoms with E-state index in [1.54, 1.807) is 0 Å². The van der Waals surface area contributed by atoms with E-state index in [9.17, 15) is 13.2 Å². The van der Waals surface area contributed by atoms with E-state index in [0.29, 0.717) is 11.8 Å². The number of thioether (sulfide) groups is 1. The molecule has 25 heavy (non-hydrogen) atoms. The molecular formula is C18H26N2O3S2. The second kappa shape index (κ2) is 8.10. The molecule has 1 aliphatic carbocycles. The maximum atomic E-state index is 12.7. The van der Waals surface area contributed by atoms with E-state index in [1.165, 1.54) is 36.2 Å². The second-order valence-electron chi connectivity index (χ2n) is 6.97. The summed E-state index contributed by atoms with van der Waals surface area (Å²) in [7, 11) is -3.24. The molecule has 1 atom stereocenters. The fourth-order valence-corrected chi connectivity index (χ4v) is 5.79. The number of amides is 1. The molecule has 2 fully saturated rings. The first-order chi connectivity index (χ1) is 11.9. The van der Waals surface area contributed by atoms with Crippen molar-refractivity contribution in [2.45, 2.75) is 48.7 Å². The molecule has 1 saturated heterocycles. The Morgan fingerprint density at radius 1 is 1.16 bits per heavy atom. The van der Waals surface area contributed by atoms with Crippen LogP contribution in [-0.2, 0) is 14.8 Å². The van der Waals surface area contributed by atoms with Crippen molar-refractivity contribution in [2.24, 2.45) is 5.92 Å². The largest absolute Gasteiger partial charge is 0.325 e. The third kappa shape index (κ3) is 4.99. The smallest absolute Gasteiger partial charge is 0.228 e. The van der Waals surface area contributed by atoms with Gasteiger partial charge in [0.05, 0.1) is 17.9 Å². The lowest BCUT2D eigenvalue weighted by molar-refractivity contribution is -0.120. The Bertz CT molecular complexity index is 715. The van der Waals surface area contributed by atoms with Gasteiger partial charge in [-0.3, -0.25) is 4.79 Å². The van der Waals surface area contributed by atoms with E-state index in [4.69, 9.17) is 0 Å². The van der Waals surface area contributed by atoms with E-state index < -0.39 is 10.0 Å². The van der Waals surface area contributed by atoms with Crippen LogP contribution < -0.4 is 5.32 Å². The van der Waals surface area contributed by atoms with Crippen molar-refractivity contribution in [3.05, 3.63) is 24.3 Å². The molecule has 3 rings (SSSR count). The van der Waals surface area contributed by atoms with E-state index in [1.807, 2.05) is 30.0 Å². The molecule has 1 N–H and O–H groups in total. The lowest BCUT2D eigenvalue weighted by Gasteiger charge is -2.30. The zero-order chi connectivity index (χ0) is 17.9. The summed E-state index contributed by atoms with van der Waals surface area (Å²) in [6.45, 7) is 0.791. The molecule has 1 aliphatic heterocycles. The Labute approximate surface area is 154 Å². The first kappa shape index (κ1) is 18.7. The molecule has 1 saturated carbocycles. The summed E-state index contributed by atoms with van der Waals surface area (Å²) in [5.74, 6) is -0.360. The van der Waals surface area contributed by atoms with Gasteiger partial charge in [0.25, 0.3) is 0 Å². The van der Waals surface area contributed by atoms with Crippen molar-refractivity contribution >= 4 is 33.4 Å². The number of rotatable bonds is 5. The van der Waals surface area contributed by atoms with Crippen molar-refractivity contribution in [1.29, 1.82) is 0 Å². The number of benzene rings is 1. The van der Waals surface area contributed by atoms with Crippen LogP contribution in [0.2, 0.25) is 0 Å². The third-order valence-corrected chi connectivity index (χ3v) is 7.65. The number of carbonyl (C=O) groups excluding carboxylic acids is 1. The molecule has 2 aliphatic rings. The fourth-order valence-electron chi connectivity index (χ4n) is 3.55. The topological polar surface area (TPSA) is 66.5 Å². The maximum Gasteiger partial charge on any atom is 0.228 e. The van der Waals surface area contributed by atoms with Gasteiger partial charge in [0.2, 0.25) is 15.9 Å². The Kier molecular flexibility index (Phi) is 6.07. The Morgan fingerprint density at radius 2 is 1.88 bits per heavy atom. The first-order valence-corrected chi connectivity index (χ1v) is 11.7. The molecule has 0 radical (unpaired) electrons. The molecule has 0 bridgehead atoms. The minimum atomic E-state index is -3.24. The molecular weight excluding hydrogens is 356 g/mol. The second-order valence-corrected chi connectivity index (χ2v) is 10.3. The minimum absolute atomic E-state index is 0.0761. The highest BCUT2D eigenvalue weighted by atomic mass is 32.2. The molecule has 7 heteroatoms. The maximum absolute atomic E-state index is 12.7. The number of anilines is 1. The third-order valence-electron chi connectivity index (χ3n) is 4.96. The fraction of sp³-hybridized carbons (Fsp3) is 0.611. The summed E-state index contributed by atoms with van der Waals surface area (Å²) in [6.07, 6.45) is 7.71. The van der Waals surface area contributed by atoms with Crippen LogP contribution in [0.15, 0.2) is 29.2 Å². The van der Waals surface area contributed by atoms with Crippen LogP contribution in [0.25, 0.3) is 0 Å². The molecule has 5 nitrogen and oxygen atoms in total. The number of hydrogen-bond donors (Lipinski definition) is 1. The highest BCUT2D eigenvalue weighted by Gasteiger charge is 2.30. The van der Waals surface area contributed by atoms with Gasteiger partial charge in [0, 0.05) is 23.2 Å². The Hall–Kier alpha value is -1.05. The minimum Gasteiger partial charge on any atom is -0.325 e. The Balaban J connectivity index is 1.66. The van der Waals surface area contributed by atoms with Gasteiger partial charge in [-0.2, -0.15) is 0 Å². The number of piperidine rings is 1. The molecule has 1 aromatic rings. The highest BCUT2D eigenvalue weighted by molar-refractivity contribution is 8.00. The predicted octanol–water partition coefficient (Wildman–Crippen LogP) is 3.33. The molecule has 1 heterocycles. The van der Waals surface area contributed by atoms with Gasteiger partial charge >= 0.3 is 0 Å². The number of carbonyl (C=O) groups is 1. The molecule has 0 aromatic heterocycles. The van der Waals surface area contributed by atoms with E-state index in [0.717, 1.165) is 23.4 Å². The summed E-state index contributed by atoms with van der Waals surface area (Å²) in [6, 6.07) is 7.92. The predicted molar refractivity (Wildman–Crippen MR) is 102 cm³/mol. The van der Waals surface area contributed by atoms with Crippen LogP contribution in [0.5, 0.6) is 0 Å². The Morgan fingerprint density at radius 3 is 2.60 bits per heavy atom. The van der Waals surface area contributed by atoms with Crippen LogP contribution in [0.3, 0.4) is 0 Å². The molecule has 0 unspecified atom stereocenters. The van der Waals surface area contributed by atoms with Gasteiger partial charge in [-0.1, -0.05) is 25.0 Å². The molecule has 0 spiro atoms. The number of hydrogen-bond acceptors (Lipinski definition) is 4. The number of nitrogens with one attached hydrogen (secondary N) is 1. The first-order valence-electron chi connectivity index (χ1n) is 8.95. The van der Waals surface area contributed by atoms with Crippen molar-refractivity contribution in [2.75, 3.05) is 24.7 Å². The zero-order valence-corrected chi connectivity index (χ0v) is 16.2. The lowest BCUT2D eigenvalue weighted by atomic mass is 9.99. The van der Waals surface area contributed by atoms with Crippen LogP contribution in [-0.4, -0.2) is 43.2 Å². The summed E-state index contributed by atoms with van der Waals surface area (Å²) in [5.41, 5.74) is 0.848. The van der Waals surface area contributed by atoms with Crippen LogP contribution >= 0.6 is 11.8 Å². The van der Waals surface area contributed by atoms with Gasteiger partial charge < -0.3 is 5.32 Å². The van der Waals surface area contributed by atoms with Gasteiger partial charge in [0.1, 0.15) is 0 Å². The summed E-state index contributed by atoms with van der Waals surface area (Å²) < 4.78 is 24.9. The van der Waals surface area contributed by atoms with Crippen molar-refractivity contribution in [3.63, 3.8) is 0 Å². The van der Waals surface area contributed by atoms with Crippen molar-refractivity contribution in [3.8, 4) is 0 Å². The van der Waals surface area contributed by atoms with Gasteiger partial charge in [-0.05, 0) is 37.8 Å². The quantitative estimate of drug-likeness (QED) is 0.848. The normalized spacial score (nSPS) is 22.8. The van der Waals surface area contributed by atoms with E-state index in [-0.39, 0.29) is 18.4 Å². The number of nitrogens with zero attached hydrogens (tertiary/aromatic N) is 1. The van der Waals surface area contributed by atoms with E-state index in [2.05, 4.69) is 11.4 Å².